The van der Waals surface area contributed by atoms with Crippen LogP contribution < -0.4 is 0 Å². The largest absolute Gasteiger partial charge is 0.461 e. The Bertz CT molecular complexity index is 920. The SMILES string of the molecule is CN1CCCC1COC(=O)C(OCc1ccccc1)(c1ccccc1)c1ccccc1. The van der Waals surface area contributed by atoms with Gasteiger partial charge >= 0.3 is 5.97 Å². The summed E-state index contributed by atoms with van der Waals surface area (Å²) in [6.45, 7) is 1.70. The first-order valence-electron chi connectivity index (χ1n) is 10.9. The Morgan fingerprint density at radius 1 is 0.903 bits per heavy atom. The minimum atomic E-state index is -1.34. The van der Waals surface area contributed by atoms with Crippen molar-refractivity contribution in [2.45, 2.75) is 31.1 Å². The second-order valence-electron chi connectivity index (χ2n) is 8.06. The van der Waals surface area contributed by atoms with Gasteiger partial charge in [-0.2, -0.15) is 0 Å². The third-order valence-electron chi connectivity index (χ3n) is 6.02. The lowest BCUT2D eigenvalue weighted by atomic mass is 9.86. The van der Waals surface area contributed by atoms with Gasteiger partial charge in [0.15, 0.2) is 0 Å². The zero-order valence-electron chi connectivity index (χ0n) is 17.9. The Balaban J connectivity index is 1.70. The van der Waals surface area contributed by atoms with E-state index < -0.39 is 5.60 Å². The van der Waals surface area contributed by atoms with Gasteiger partial charge in [-0.15, -0.1) is 0 Å². The summed E-state index contributed by atoms with van der Waals surface area (Å²) in [7, 11) is 2.08. The van der Waals surface area contributed by atoms with E-state index in [1.165, 1.54) is 0 Å². The minimum Gasteiger partial charge on any atom is -0.461 e. The number of likely N-dealkylation sites (N-methyl/N-ethyl adjacent to an activating group) is 1. The topological polar surface area (TPSA) is 38.8 Å². The molecular weight excluding hydrogens is 386 g/mol. The van der Waals surface area contributed by atoms with Gasteiger partial charge in [0.25, 0.3) is 0 Å². The number of hydrogen-bond acceptors (Lipinski definition) is 4. The highest BCUT2D eigenvalue weighted by Gasteiger charge is 2.45. The molecule has 3 aromatic rings. The molecule has 4 nitrogen and oxygen atoms in total. The second kappa shape index (κ2) is 9.90. The van der Waals surface area contributed by atoms with E-state index in [4.69, 9.17) is 9.47 Å². The van der Waals surface area contributed by atoms with Crippen molar-refractivity contribution in [3.8, 4) is 0 Å². The van der Waals surface area contributed by atoms with Crippen molar-refractivity contribution in [3.63, 3.8) is 0 Å². The Kier molecular flexibility index (Phi) is 6.80. The lowest BCUT2D eigenvalue weighted by molar-refractivity contribution is -0.171. The highest BCUT2D eigenvalue weighted by molar-refractivity contribution is 5.86. The van der Waals surface area contributed by atoms with E-state index in [-0.39, 0.29) is 12.0 Å². The van der Waals surface area contributed by atoms with Crippen LogP contribution in [0.15, 0.2) is 91.0 Å². The maximum atomic E-state index is 13.8. The third-order valence-corrected chi connectivity index (χ3v) is 6.02. The molecule has 1 fully saturated rings. The van der Waals surface area contributed by atoms with Crippen LogP contribution in [-0.4, -0.2) is 37.1 Å². The zero-order chi connectivity index (χ0) is 21.5. The zero-order valence-corrected chi connectivity index (χ0v) is 17.9. The summed E-state index contributed by atoms with van der Waals surface area (Å²) in [5.41, 5.74) is 1.20. The first kappa shape index (κ1) is 21.3. The molecule has 160 valence electrons. The van der Waals surface area contributed by atoms with Gasteiger partial charge in [-0.3, -0.25) is 0 Å². The molecule has 0 N–H and O–H groups in total. The quantitative estimate of drug-likeness (QED) is 0.496. The van der Waals surface area contributed by atoms with Crippen LogP contribution in [-0.2, 0) is 26.5 Å². The monoisotopic (exact) mass is 415 g/mol. The molecule has 0 aromatic heterocycles. The molecule has 0 bridgehead atoms. The number of esters is 1. The molecule has 4 rings (SSSR count). The molecular formula is C27H29NO3. The van der Waals surface area contributed by atoms with Gasteiger partial charge < -0.3 is 14.4 Å². The average molecular weight is 416 g/mol. The summed E-state index contributed by atoms with van der Waals surface area (Å²) in [6, 6.07) is 29.5. The van der Waals surface area contributed by atoms with Gasteiger partial charge in [-0.25, -0.2) is 4.79 Å². The van der Waals surface area contributed by atoms with E-state index in [0.717, 1.165) is 36.1 Å². The van der Waals surface area contributed by atoms with Gasteiger partial charge in [-0.05, 0) is 43.1 Å². The van der Waals surface area contributed by atoms with Gasteiger partial charge in [0.2, 0.25) is 5.60 Å². The van der Waals surface area contributed by atoms with Crippen molar-refractivity contribution in [2.24, 2.45) is 0 Å². The predicted molar refractivity (Wildman–Crippen MR) is 122 cm³/mol. The molecule has 1 heterocycles. The molecule has 31 heavy (non-hydrogen) atoms. The fourth-order valence-electron chi connectivity index (χ4n) is 4.20. The fraction of sp³-hybridized carbons (Fsp3) is 0.296. The summed E-state index contributed by atoms with van der Waals surface area (Å²) in [6.07, 6.45) is 2.17. The normalized spacial score (nSPS) is 16.9. The lowest BCUT2D eigenvalue weighted by Gasteiger charge is -2.33. The van der Waals surface area contributed by atoms with Gasteiger partial charge in [0.05, 0.1) is 6.61 Å². The highest BCUT2D eigenvalue weighted by Crippen LogP contribution is 2.36. The number of hydrogen-bond donors (Lipinski definition) is 0. The third kappa shape index (κ3) is 4.71. The standard InChI is InChI=1S/C27H29NO3/c1-28-19-11-18-25(28)21-30-26(29)27(23-14-7-3-8-15-23,24-16-9-4-10-17-24)31-20-22-12-5-2-6-13-22/h2-10,12-17,25H,11,18-21H2,1H3. The van der Waals surface area contributed by atoms with Crippen LogP contribution >= 0.6 is 0 Å². The van der Waals surface area contributed by atoms with Gasteiger partial charge in [-0.1, -0.05) is 91.0 Å². The number of carbonyl (C=O) groups is 1. The van der Waals surface area contributed by atoms with Crippen LogP contribution in [0, 0.1) is 0 Å². The molecule has 1 aliphatic rings. The molecule has 4 heteroatoms. The van der Waals surface area contributed by atoms with E-state index in [9.17, 15) is 4.79 Å². The van der Waals surface area contributed by atoms with Crippen molar-refractivity contribution in [1.29, 1.82) is 0 Å². The van der Waals surface area contributed by atoms with Gasteiger partial charge in [0, 0.05) is 6.04 Å². The van der Waals surface area contributed by atoms with Crippen LogP contribution in [0.4, 0.5) is 0 Å². The Labute approximate surface area is 184 Å². The van der Waals surface area contributed by atoms with E-state index in [1.807, 2.05) is 91.0 Å². The van der Waals surface area contributed by atoms with Crippen molar-refractivity contribution in [2.75, 3.05) is 20.2 Å². The smallest absolute Gasteiger partial charge is 0.347 e. The Morgan fingerprint density at radius 2 is 1.45 bits per heavy atom. The highest BCUT2D eigenvalue weighted by atomic mass is 16.6. The summed E-state index contributed by atoms with van der Waals surface area (Å²) in [4.78, 5) is 16.0. The van der Waals surface area contributed by atoms with E-state index in [2.05, 4.69) is 11.9 Å². The second-order valence-corrected chi connectivity index (χ2v) is 8.06. The molecule has 1 unspecified atom stereocenters. The lowest BCUT2D eigenvalue weighted by Crippen LogP contribution is -2.43. The van der Waals surface area contributed by atoms with Crippen LogP contribution in [0.3, 0.4) is 0 Å². The maximum Gasteiger partial charge on any atom is 0.347 e. The molecule has 0 spiro atoms. The molecule has 1 aliphatic heterocycles. The summed E-state index contributed by atoms with van der Waals surface area (Å²) in [5.74, 6) is -0.374. The molecule has 3 aromatic carbocycles. The minimum absolute atomic E-state index is 0.252. The van der Waals surface area contributed by atoms with Crippen LogP contribution in [0.1, 0.15) is 29.5 Å². The Hall–Kier alpha value is -2.95. The molecule has 0 saturated carbocycles. The van der Waals surface area contributed by atoms with Crippen LogP contribution in [0.2, 0.25) is 0 Å². The Morgan fingerprint density at radius 3 is 1.97 bits per heavy atom. The van der Waals surface area contributed by atoms with Crippen LogP contribution in [0.5, 0.6) is 0 Å². The number of likely N-dealkylation sites (tertiary alicyclic amines) is 1. The maximum absolute atomic E-state index is 13.8. The molecule has 1 atom stereocenters. The van der Waals surface area contributed by atoms with Crippen molar-refractivity contribution < 1.29 is 14.3 Å². The fourth-order valence-corrected chi connectivity index (χ4v) is 4.20. The molecule has 0 radical (unpaired) electrons. The molecule has 0 amide bonds. The van der Waals surface area contributed by atoms with E-state index in [1.54, 1.807) is 0 Å². The number of benzene rings is 3. The van der Waals surface area contributed by atoms with Crippen LogP contribution in [0.25, 0.3) is 0 Å². The number of carbonyl (C=O) groups excluding carboxylic acids is 1. The van der Waals surface area contributed by atoms with E-state index >= 15 is 0 Å². The number of nitrogens with zero attached hydrogens (tertiary/aromatic N) is 1. The summed E-state index contributed by atoms with van der Waals surface area (Å²) >= 11 is 0. The summed E-state index contributed by atoms with van der Waals surface area (Å²) < 4.78 is 12.5. The molecule has 0 aliphatic carbocycles. The first-order chi connectivity index (χ1) is 15.2. The molecule has 1 saturated heterocycles. The van der Waals surface area contributed by atoms with Gasteiger partial charge in [0.1, 0.15) is 6.61 Å². The first-order valence-corrected chi connectivity index (χ1v) is 10.9. The predicted octanol–water partition coefficient (Wildman–Crippen LogP) is 4.78. The van der Waals surface area contributed by atoms with Crippen molar-refractivity contribution >= 4 is 5.97 Å². The number of rotatable bonds is 8. The number of ether oxygens (including phenoxy) is 2. The van der Waals surface area contributed by atoms with Crippen molar-refractivity contribution in [1.82, 2.24) is 4.90 Å². The van der Waals surface area contributed by atoms with E-state index in [0.29, 0.717) is 13.2 Å². The summed E-state index contributed by atoms with van der Waals surface area (Å²) in [5, 5.41) is 0. The van der Waals surface area contributed by atoms with Crippen molar-refractivity contribution in [3.05, 3.63) is 108 Å². The average Bonchev–Trinajstić information content (AvgIpc) is 3.25.